The number of furan rings is 1. The highest BCUT2D eigenvalue weighted by Crippen LogP contribution is 2.34. The molecule has 0 bridgehead atoms. The van der Waals surface area contributed by atoms with E-state index in [9.17, 15) is 4.79 Å². The van der Waals surface area contributed by atoms with Crippen LogP contribution in [0.2, 0.25) is 0 Å². The van der Waals surface area contributed by atoms with Crippen LogP contribution in [0.3, 0.4) is 0 Å². The Morgan fingerprint density at radius 3 is 2.94 bits per heavy atom. The Kier molecular flexibility index (Phi) is 5.58. The fourth-order valence-corrected chi connectivity index (χ4v) is 4.37. The number of fused-ring (bicyclic) bond motifs is 3. The van der Waals surface area contributed by atoms with Crippen molar-refractivity contribution in [1.82, 2.24) is 4.98 Å². The molecule has 0 aliphatic heterocycles. The molecule has 2 aromatic heterocycles. The number of rotatable bonds is 7. The van der Waals surface area contributed by atoms with Crippen LogP contribution in [0.4, 0.5) is 5.69 Å². The van der Waals surface area contributed by atoms with E-state index in [2.05, 4.69) is 10.3 Å². The van der Waals surface area contributed by atoms with Crippen LogP contribution in [0.1, 0.15) is 29.9 Å². The third kappa shape index (κ3) is 4.41. The predicted octanol–water partition coefficient (Wildman–Crippen LogP) is 5.36. The molecule has 6 nitrogen and oxygen atoms in total. The van der Waals surface area contributed by atoms with E-state index in [0.29, 0.717) is 23.8 Å². The van der Waals surface area contributed by atoms with E-state index in [0.717, 1.165) is 35.3 Å². The van der Waals surface area contributed by atoms with E-state index in [4.69, 9.17) is 13.9 Å². The number of amides is 1. The first kappa shape index (κ1) is 19.6. The van der Waals surface area contributed by atoms with E-state index in [1.165, 1.54) is 29.7 Å². The fourth-order valence-electron chi connectivity index (χ4n) is 3.82. The van der Waals surface area contributed by atoms with Crippen LogP contribution in [-0.4, -0.2) is 17.5 Å². The molecule has 158 valence electrons. The van der Waals surface area contributed by atoms with Crippen LogP contribution in [0, 0.1) is 0 Å². The number of nitrogens with zero attached hydrogens (tertiary/aromatic N) is 1. The molecule has 7 heteroatoms. The lowest BCUT2D eigenvalue weighted by Gasteiger charge is -2.12. The standard InChI is InChI=1S/C24H22N2O4S/c27-24(26-20-6-2-4-8-23(20)29-12-16-14-31-15-25-16)13-28-17-9-10-22-19(11-17)18-5-1-3-7-21(18)30-22/h2,4,6,8-11,14-15H,1,3,5,7,12-13H2,(H,26,27). The number of hydrogen-bond acceptors (Lipinski definition) is 6. The number of benzene rings is 2. The van der Waals surface area contributed by atoms with Crippen molar-refractivity contribution in [3.63, 3.8) is 0 Å². The molecule has 1 aliphatic rings. The molecule has 1 N–H and O–H groups in total. The second kappa shape index (κ2) is 8.81. The van der Waals surface area contributed by atoms with E-state index < -0.39 is 0 Å². The quantitative estimate of drug-likeness (QED) is 0.424. The van der Waals surface area contributed by atoms with Crippen LogP contribution >= 0.6 is 11.3 Å². The monoisotopic (exact) mass is 434 g/mol. The summed E-state index contributed by atoms with van der Waals surface area (Å²) in [7, 11) is 0. The van der Waals surface area contributed by atoms with Crippen molar-refractivity contribution in [1.29, 1.82) is 0 Å². The number of anilines is 1. The first-order chi connectivity index (χ1) is 15.3. The maximum Gasteiger partial charge on any atom is 0.262 e. The molecular formula is C24H22N2O4S. The van der Waals surface area contributed by atoms with E-state index in [1.807, 2.05) is 41.8 Å². The molecule has 1 aliphatic carbocycles. The lowest BCUT2D eigenvalue weighted by Crippen LogP contribution is -2.20. The Bertz CT molecular complexity index is 1200. The Morgan fingerprint density at radius 2 is 2.03 bits per heavy atom. The van der Waals surface area contributed by atoms with Crippen molar-refractivity contribution in [2.45, 2.75) is 32.3 Å². The summed E-state index contributed by atoms with van der Waals surface area (Å²) in [6.45, 7) is 0.258. The first-order valence-electron chi connectivity index (χ1n) is 10.3. The average Bonchev–Trinajstić information content (AvgIpc) is 3.44. The molecule has 0 radical (unpaired) electrons. The summed E-state index contributed by atoms with van der Waals surface area (Å²) in [5, 5.41) is 5.89. The summed E-state index contributed by atoms with van der Waals surface area (Å²) in [5.74, 6) is 2.09. The normalized spacial score (nSPS) is 13.0. The van der Waals surface area contributed by atoms with Crippen molar-refractivity contribution in [3.05, 3.63) is 70.4 Å². The van der Waals surface area contributed by atoms with Crippen molar-refractivity contribution in [2.24, 2.45) is 0 Å². The molecule has 0 saturated carbocycles. The zero-order chi connectivity index (χ0) is 21.0. The fraction of sp³-hybridized carbons (Fsp3) is 0.250. The first-order valence-corrected chi connectivity index (χ1v) is 11.3. The molecule has 4 aromatic rings. The molecule has 0 atom stereocenters. The molecule has 2 aromatic carbocycles. The molecular weight excluding hydrogens is 412 g/mol. The summed E-state index contributed by atoms with van der Waals surface area (Å²) in [6, 6.07) is 13.1. The van der Waals surface area contributed by atoms with Gasteiger partial charge in [0.1, 0.15) is 29.4 Å². The van der Waals surface area contributed by atoms with Crippen LogP contribution in [0.25, 0.3) is 11.0 Å². The van der Waals surface area contributed by atoms with Crippen molar-refractivity contribution >= 4 is 33.9 Å². The topological polar surface area (TPSA) is 73.6 Å². The zero-order valence-corrected chi connectivity index (χ0v) is 17.7. The van der Waals surface area contributed by atoms with Gasteiger partial charge in [0.2, 0.25) is 0 Å². The second-order valence-corrected chi connectivity index (χ2v) is 8.19. The highest BCUT2D eigenvalue weighted by atomic mass is 32.1. The average molecular weight is 435 g/mol. The highest BCUT2D eigenvalue weighted by molar-refractivity contribution is 7.07. The molecule has 0 saturated heterocycles. The van der Waals surface area contributed by atoms with Crippen LogP contribution in [0.5, 0.6) is 11.5 Å². The Balaban J connectivity index is 1.22. The Hall–Kier alpha value is -3.32. The van der Waals surface area contributed by atoms with Gasteiger partial charge in [-0.2, -0.15) is 0 Å². The molecule has 0 unspecified atom stereocenters. The Labute approximate surface area is 183 Å². The summed E-state index contributed by atoms with van der Waals surface area (Å²) >= 11 is 1.52. The molecule has 1 amide bonds. The minimum atomic E-state index is -0.251. The number of carbonyl (C=O) groups is 1. The van der Waals surface area contributed by atoms with Gasteiger partial charge in [-0.15, -0.1) is 11.3 Å². The smallest absolute Gasteiger partial charge is 0.262 e. The number of hydrogen-bond donors (Lipinski definition) is 1. The van der Waals surface area contributed by atoms with Crippen LogP contribution in [-0.2, 0) is 24.2 Å². The van der Waals surface area contributed by atoms with Gasteiger partial charge in [-0.05, 0) is 49.6 Å². The lowest BCUT2D eigenvalue weighted by molar-refractivity contribution is -0.118. The third-order valence-corrected chi connectivity index (χ3v) is 5.95. The number of thiazole rings is 1. The van der Waals surface area contributed by atoms with Gasteiger partial charge in [-0.3, -0.25) is 4.79 Å². The number of carbonyl (C=O) groups excluding carboxylic acids is 1. The summed E-state index contributed by atoms with van der Waals surface area (Å²) in [5.41, 5.74) is 5.38. The van der Waals surface area contributed by atoms with Gasteiger partial charge in [0.15, 0.2) is 6.61 Å². The third-order valence-electron chi connectivity index (χ3n) is 5.32. The van der Waals surface area contributed by atoms with Gasteiger partial charge in [0, 0.05) is 22.8 Å². The largest absolute Gasteiger partial charge is 0.485 e. The maximum atomic E-state index is 12.5. The number of aromatic nitrogens is 1. The second-order valence-electron chi connectivity index (χ2n) is 7.47. The van der Waals surface area contributed by atoms with Crippen molar-refractivity contribution in [2.75, 3.05) is 11.9 Å². The summed E-state index contributed by atoms with van der Waals surface area (Å²) < 4.78 is 17.5. The van der Waals surface area contributed by atoms with Crippen molar-refractivity contribution in [3.8, 4) is 11.5 Å². The van der Waals surface area contributed by atoms with Crippen molar-refractivity contribution < 1.29 is 18.7 Å². The number of aryl methyl sites for hydroxylation is 2. The van der Waals surface area contributed by atoms with Crippen LogP contribution in [0.15, 0.2) is 57.8 Å². The van der Waals surface area contributed by atoms with E-state index in [1.54, 1.807) is 11.6 Å². The number of para-hydroxylation sites is 2. The number of nitrogens with one attached hydrogen (secondary N) is 1. The minimum absolute atomic E-state index is 0.0913. The van der Waals surface area contributed by atoms with Crippen LogP contribution < -0.4 is 14.8 Å². The van der Waals surface area contributed by atoms with Gasteiger partial charge in [-0.25, -0.2) is 4.98 Å². The lowest BCUT2D eigenvalue weighted by atomic mass is 9.96. The van der Waals surface area contributed by atoms with E-state index in [-0.39, 0.29) is 12.5 Å². The minimum Gasteiger partial charge on any atom is -0.485 e. The van der Waals surface area contributed by atoms with Gasteiger partial charge < -0.3 is 19.2 Å². The Morgan fingerprint density at radius 1 is 1.13 bits per heavy atom. The maximum absolute atomic E-state index is 12.5. The predicted molar refractivity (Wildman–Crippen MR) is 120 cm³/mol. The summed E-state index contributed by atoms with van der Waals surface area (Å²) in [4.78, 5) is 16.7. The van der Waals surface area contributed by atoms with E-state index >= 15 is 0 Å². The molecule has 0 fully saturated rings. The van der Waals surface area contributed by atoms with Gasteiger partial charge >= 0.3 is 0 Å². The zero-order valence-electron chi connectivity index (χ0n) is 16.9. The van der Waals surface area contributed by atoms with Gasteiger partial charge in [-0.1, -0.05) is 12.1 Å². The molecule has 5 rings (SSSR count). The molecule has 2 heterocycles. The number of ether oxygens (including phenoxy) is 2. The molecule has 0 spiro atoms. The van der Waals surface area contributed by atoms with Gasteiger partial charge in [0.25, 0.3) is 5.91 Å². The van der Waals surface area contributed by atoms with Gasteiger partial charge in [0.05, 0.1) is 16.9 Å². The SMILES string of the molecule is O=C(COc1ccc2oc3c(c2c1)CCCC3)Nc1ccccc1OCc1cscn1. The molecule has 31 heavy (non-hydrogen) atoms. The highest BCUT2D eigenvalue weighted by Gasteiger charge is 2.18. The summed E-state index contributed by atoms with van der Waals surface area (Å²) in [6.07, 6.45) is 4.38.